The van der Waals surface area contributed by atoms with E-state index >= 15 is 0 Å². The Morgan fingerprint density at radius 1 is 1.19 bits per heavy atom. The van der Waals surface area contributed by atoms with Crippen LogP contribution in [0.1, 0.15) is 11.1 Å². The average Bonchev–Trinajstić information content (AvgIpc) is 3.45. The molecule has 0 unspecified atom stereocenters. The number of fused-ring (bicyclic) bond motifs is 2. The molecule has 0 radical (unpaired) electrons. The zero-order valence-electron chi connectivity index (χ0n) is 16.5. The van der Waals surface area contributed by atoms with Crippen LogP contribution in [0.4, 0.5) is 5.82 Å². The van der Waals surface area contributed by atoms with Crippen LogP contribution in [0.25, 0.3) is 38.2 Å². The molecule has 0 aliphatic rings. The lowest BCUT2D eigenvalue weighted by Crippen LogP contribution is -2.20. The van der Waals surface area contributed by atoms with Gasteiger partial charge >= 0.3 is 0 Å². The molecule has 1 aromatic carbocycles. The van der Waals surface area contributed by atoms with Gasteiger partial charge in [-0.3, -0.25) is 9.78 Å². The van der Waals surface area contributed by atoms with E-state index in [2.05, 4.69) is 43.8 Å². The molecule has 4 N–H and O–H groups in total. The summed E-state index contributed by atoms with van der Waals surface area (Å²) in [5, 5.41) is 7.03. The number of carbonyl (C=O) groups excluding carboxylic acids is 1. The van der Waals surface area contributed by atoms with Crippen LogP contribution in [-0.4, -0.2) is 20.9 Å². The Labute approximate surface area is 182 Å². The summed E-state index contributed by atoms with van der Waals surface area (Å²) >= 11 is 1.60. The molecule has 7 heteroatoms. The van der Waals surface area contributed by atoms with Crippen LogP contribution in [0.2, 0.25) is 0 Å². The summed E-state index contributed by atoms with van der Waals surface area (Å²) in [5.41, 5.74) is 11.3. The Balaban J connectivity index is 1.43. The third-order valence-corrected chi connectivity index (χ3v) is 6.18. The van der Waals surface area contributed by atoms with Crippen LogP contribution < -0.4 is 11.1 Å². The van der Waals surface area contributed by atoms with Gasteiger partial charge in [0, 0.05) is 64.1 Å². The monoisotopic (exact) mass is 425 g/mol. The van der Waals surface area contributed by atoms with E-state index in [-0.39, 0.29) is 5.91 Å². The van der Waals surface area contributed by atoms with Crippen molar-refractivity contribution < 1.29 is 4.79 Å². The van der Waals surface area contributed by atoms with E-state index in [1.165, 1.54) is 6.08 Å². The van der Waals surface area contributed by atoms with Crippen LogP contribution in [0.15, 0.2) is 72.6 Å². The highest BCUT2D eigenvalue weighted by molar-refractivity contribution is 7.18. The van der Waals surface area contributed by atoms with Gasteiger partial charge in [-0.1, -0.05) is 6.07 Å². The predicted octanol–water partition coefficient (Wildman–Crippen LogP) is 4.75. The number of nitrogens with two attached hydrogens (primary N) is 1. The normalized spacial score (nSPS) is 11.5. The summed E-state index contributed by atoms with van der Waals surface area (Å²) in [5.74, 6) is 0.316. The number of pyridine rings is 2. The number of aromatic amines is 1. The Bertz CT molecular complexity index is 1420. The third kappa shape index (κ3) is 3.78. The molecule has 0 fully saturated rings. The van der Waals surface area contributed by atoms with Crippen LogP contribution in [0.3, 0.4) is 0 Å². The van der Waals surface area contributed by atoms with Gasteiger partial charge in [-0.25, -0.2) is 4.98 Å². The van der Waals surface area contributed by atoms with Gasteiger partial charge in [-0.2, -0.15) is 0 Å². The number of amides is 1. The second-order valence-electron chi connectivity index (χ2n) is 7.14. The summed E-state index contributed by atoms with van der Waals surface area (Å²) in [6.07, 6.45) is 10.4. The molecule has 6 nitrogen and oxygen atoms in total. The molecule has 0 atom stereocenters. The zero-order valence-corrected chi connectivity index (χ0v) is 17.3. The number of rotatable bonds is 5. The van der Waals surface area contributed by atoms with Gasteiger partial charge in [0.25, 0.3) is 0 Å². The molecule has 0 saturated heterocycles. The first-order valence-electron chi connectivity index (χ1n) is 9.77. The fourth-order valence-corrected chi connectivity index (χ4v) is 4.63. The number of thiophene rings is 1. The van der Waals surface area contributed by atoms with Crippen LogP contribution in [0, 0.1) is 0 Å². The molecule has 5 rings (SSSR count). The SMILES string of the molecule is Nc1ncc(/C=C/C(=O)NCc2ccncc2)c2scc(-c3ccc4[nH]ccc4c3)c12. The van der Waals surface area contributed by atoms with Crippen LogP contribution in [0.5, 0.6) is 0 Å². The van der Waals surface area contributed by atoms with Crippen molar-refractivity contribution in [1.82, 2.24) is 20.3 Å². The number of hydrogen-bond acceptors (Lipinski definition) is 5. The predicted molar refractivity (Wildman–Crippen MR) is 126 cm³/mol. The Kier molecular flexibility index (Phi) is 4.93. The van der Waals surface area contributed by atoms with Gasteiger partial charge in [0.1, 0.15) is 5.82 Å². The van der Waals surface area contributed by atoms with Gasteiger partial charge < -0.3 is 16.0 Å². The first-order chi connectivity index (χ1) is 15.2. The lowest BCUT2D eigenvalue weighted by molar-refractivity contribution is -0.116. The largest absolute Gasteiger partial charge is 0.383 e. The summed E-state index contributed by atoms with van der Waals surface area (Å²) in [4.78, 5) is 23.8. The number of nitrogens with one attached hydrogen (secondary N) is 2. The zero-order chi connectivity index (χ0) is 21.2. The Hall–Kier alpha value is -3.97. The number of nitrogens with zero attached hydrogens (tertiary/aromatic N) is 2. The average molecular weight is 426 g/mol. The molecule has 31 heavy (non-hydrogen) atoms. The molecular formula is C24H19N5OS. The second kappa shape index (κ2) is 8.04. The molecular weight excluding hydrogens is 406 g/mol. The van der Waals surface area contributed by atoms with Gasteiger partial charge in [-0.05, 0) is 58.3 Å². The van der Waals surface area contributed by atoms with Crippen molar-refractivity contribution >= 4 is 50.1 Å². The smallest absolute Gasteiger partial charge is 0.244 e. The highest BCUT2D eigenvalue weighted by Gasteiger charge is 2.14. The first-order valence-corrected chi connectivity index (χ1v) is 10.6. The maximum absolute atomic E-state index is 12.3. The highest BCUT2D eigenvalue weighted by atomic mass is 32.1. The molecule has 4 aromatic heterocycles. The minimum atomic E-state index is -0.170. The lowest BCUT2D eigenvalue weighted by Gasteiger charge is -2.05. The minimum Gasteiger partial charge on any atom is -0.383 e. The number of H-pyrrole nitrogens is 1. The first kappa shape index (κ1) is 19.0. The van der Waals surface area contributed by atoms with Crippen molar-refractivity contribution in [3.05, 3.63) is 83.8 Å². The van der Waals surface area contributed by atoms with Crippen molar-refractivity contribution in [3.63, 3.8) is 0 Å². The molecule has 0 aliphatic carbocycles. The number of anilines is 1. The molecule has 4 heterocycles. The van der Waals surface area contributed by atoms with Crippen molar-refractivity contribution in [2.24, 2.45) is 0 Å². The summed E-state index contributed by atoms with van der Waals surface area (Å²) < 4.78 is 1.01. The third-order valence-electron chi connectivity index (χ3n) is 5.15. The molecule has 0 bridgehead atoms. The second-order valence-corrected chi connectivity index (χ2v) is 8.02. The van der Waals surface area contributed by atoms with Crippen molar-refractivity contribution in [2.75, 3.05) is 5.73 Å². The number of nitrogen functional groups attached to an aromatic ring is 1. The van der Waals surface area contributed by atoms with E-state index in [4.69, 9.17) is 5.73 Å². The van der Waals surface area contributed by atoms with Crippen LogP contribution >= 0.6 is 11.3 Å². The standard InChI is InChI=1S/C24H19N5OS/c25-24-22-19(16-1-3-20-17(11-16)7-10-27-20)14-31-23(22)18(13-29-24)2-4-21(30)28-12-15-5-8-26-9-6-15/h1-11,13-14,27H,12H2,(H2,25,29)(H,28,30)/b4-2+. The molecule has 0 aliphatic heterocycles. The molecule has 0 spiro atoms. The maximum Gasteiger partial charge on any atom is 0.244 e. The highest BCUT2D eigenvalue weighted by Crippen LogP contribution is 2.39. The topological polar surface area (TPSA) is 96.7 Å². The molecule has 152 valence electrons. The van der Waals surface area contributed by atoms with E-state index < -0.39 is 0 Å². The number of carbonyl (C=O) groups is 1. The van der Waals surface area contributed by atoms with E-state index in [0.717, 1.165) is 43.2 Å². The van der Waals surface area contributed by atoms with Gasteiger partial charge in [0.05, 0.1) is 0 Å². The molecule has 0 saturated carbocycles. The minimum absolute atomic E-state index is 0.170. The summed E-state index contributed by atoms with van der Waals surface area (Å²) in [6.45, 7) is 0.450. The summed E-state index contributed by atoms with van der Waals surface area (Å²) in [6, 6.07) is 12.1. The Morgan fingerprint density at radius 3 is 2.94 bits per heavy atom. The van der Waals surface area contributed by atoms with Gasteiger partial charge in [-0.15, -0.1) is 11.3 Å². The van der Waals surface area contributed by atoms with Crippen molar-refractivity contribution in [1.29, 1.82) is 0 Å². The number of aromatic nitrogens is 3. The number of benzene rings is 1. The molecule has 5 aromatic rings. The van der Waals surface area contributed by atoms with Crippen molar-refractivity contribution in [3.8, 4) is 11.1 Å². The molecule has 1 amide bonds. The Morgan fingerprint density at radius 2 is 2.06 bits per heavy atom. The van der Waals surface area contributed by atoms with Gasteiger partial charge in [0.15, 0.2) is 0 Å². The van der Waals surface area contributed by atoms with Gasteiger partial charge in [0.2, 0.25) is 5.91 Å². The quantitative estimate of drug-likeness (QED) is 0.354. The fourth-order valence-electron chi connectivity index (χ4n) is 3.55. The maximum atomic E-state index is 12.3. The summed E-state index contributed by atoms with van der Waals surface area (Å²) in [7, 11) is 0. The van der Waals surface area contributed by atoms with E-state index in [1.54, 1.807) is 36.0 Å². The fraction of sp³-hybridized carbons (Fsp3) is 0.0417. The van der Waals surface area contributed by atoms with Crippen LogP contribution in [-0.2, 0) is 11.3 Å². The van der Waals surface area contributed by atoms with E-state index in [1.807, 2.05) is 24.4 Å². The number of hydrogen-bond donors (Lipinski definition) is 3. The van der Waals surface area contributed by atoms with Crippen molar-refractivity contribution in [2.45, 2.75) is 6.54 Å². The van der Waals surface area contributed by atoms with E-state index in [0.29, 0.717) is 12.4 Å². The lowest BCUT2D eigenvalue weighted by atomic mass is 10.0. The van der Waals surface area contributed by atoms with E-state index in [9.17, 15) is 4.79 Å².